The van der Waals surface area contributed by atoms with E-state index < -0.39 is 10.0 Å². The van der Waals surface area contributed by atoms with Gasteiger partial charge in [-0.3, -0.25) is 0 Å². The molecule has 1 aliphatic heterocycles. The molecule has 0 spiro atoms. The molecule has 6 nitrogen and oxygen atoms in total. The largest absolute Gasteiger partial charge is 0.323 e. The second-order valence-electron chi connectivity index (χ2n) is 10.3. The van der Waals surface area contributed by atoms with E-state index in [0.717, 1.165) is 17.8 Å². The van der Waals surface area contributed by atoms with Gasteiger partial charge in [-0.2, -0.15) is 0 Å². The highest BCUT2D eigenvalue weighted by molar-refractivity contribution is 7.88. The van der Waals surface area contributed by atoms with Gasteiger partial charge in [0.15, 0.2) is 0 Å². The fraction of sp³-hybridized carbons (Fsp3) is 0.696. The number of sulfonamides is 1. The van der Waals surface area contributed by atoms with Gasteiger partial charge in [-0.25, -0.2) is 17.5 Å². The maximum Gasteiger partial charge on any atom is 0.321 e. The number of carbonyl (C=O) groups is 1. The summed E-state index contributed by atoms with van der Waals surface area (Å²) in [6.45, 7) is 1.68. The van der Waals surface area contributed by atoms with Gasteiger partial charge in [0.05, 0.1) is 17.0 Å². The number of amides is 2. The van der Waals surface area contributed by atoms with E-state index in [1.165, 1.54) is 54.6 Å². The Balaban J connectivity index is 1.27. The molecule has 1 heterocycles. The zero-order valence-corrected chi connectivity index (χ0v) is 19.7. The molecule has 5 fully saturated rings. The van der Waals surface area contributed by atoms with Crippen molar-refractivity contribution in [3.8, 4) is 0 Å². The van der Waals surface area contributed by atoms with E-state index in [1.807, 2.05) is 6.07 Å². The van der Waals surface area contributed by atoms with E-state index >= 15 is 0 Å². The number of anilines is 1. The molecule has 0 unspecified atom stereocenters. The van der Waals surface area contributed by atoms with Gasteiger partial charge >= 0.3 is 6.03 Å². The highest BCUT2D eigenvalue weighted by atomic mass is 35.5. The summed E-state index contributed by atoms with van der Waals surface area (Å²) in [6, 6.07) is 5.98. The van der Waals surface area contributed by atoms with Gasteiger partial charge in [0.2, 0.25) is 10.0 Å². The second kappa shape index (κ2) is 7.92. The molecule has 1 aromatic rings. The Morgan fingerprint density at radius 3 is 2.26 bits per heavy atom. The van der Waals surface area contributed by atoms with Crippen LogP contribution in [0.3, 0.4) is 0 Å². The standard InChI is InChI=1S/C23H32ClN3O3S/c1-31(29,30)27-6-2-5-26(7-8-27)22(28)25-21-4-3-19(12-20(21)24)23-13-16-9-17(14-23)11-18(10-16)15-23/h3-4,12,16-18H,2,5-11,13-15H2,1H3,(H,25,28). The Labute approximate surface area is 190 Å². The molecule has 5 aliphatic rings. The lowest BCUT2D eigenvalue weighted by molar-refractivity contribution is -0.00517. The van der Waals surface area contributed by atoms with E-state index in [1.54, 1.807) is 4.90 Å². The third-order valence-corrected chi connectivity index (χ3v) is 9.69. The molecule has 0 radical (unpaired) electrons. The van der Waals surface area contributed by atoms with Gasteiger partial charge in [-0.1, -0.05) is 17.7 Å². The normalized spacial score (nSPS) is 33.4. The monoisotopic (exact) mass is 465 g/mol. The van der Waals surface area contributed by atoms with Crippen molar-refractivity contribution in [2.75, 3.05) is 37.8 Å². The smallest absolute Gasteiger partial charge is 0.321 e. The van der Waals surface area contributed by atoms with Crippen molar-refractivity contribution in [2.24, 2.45) is 17.8 Å². The van der Waals surface area contributed by atoms with Crippen LogP contribution in [0.5, 0.6) is 0 Å². The number of halogens is 1. The van der Waals surface area contributed by atoms with E-state index in [2.05, 4.69) is 17.4 Å². The molecule has 1 saturated heterocycles. The maximum absolute atomic E-state index is 12.8. The maximum atomic E-state index is 12.8. The summed E-state index contributed by atoms with van der Waals surface area (Å²) in [5.41, 5.74) is 2.25. The van der Waals surface area contributed by atoms with Crippen LogP contribution in [0.4, 0.5) is 10.5 Å². The van der Waals surface area contributed by atoms with Crippen LogP contribution in [0.25, 0.3) is 0 Å². The van der Waals surface area contributed by atoms with Crippen molar-refractivity contribution < 1.29 is 13.2 Å². The predicted molar refractivity (Wildman–Crippen MR) is 123 cm³/mol. The number of nitrogens with one attached hydrogen (secondary N) is 1. The summed E-state index contributed by atoms with van der Waals surface area (Å²) < 4.78 is 25.0. The molecule has 0 aromatic heterocycles. The second-order valence-corrected chi connectivity index (χ2v) is 12.7. The fourth-order valence-corrected chi connectivity index (χ4v) is 8.14. The van der Waals surface area contributed by atoms with E-state index in [-0.39, 0.29) is 11.4 Å². The van der Waals surface area contributed by atoms with Crippen LogP contribution < -0.4 is 5.32 Å². The lowest BCUT2D eigenvalue weighted by Crippen LogP contribution is -2.48. The van der Waals surface area contributed by atoms with Crippen LogP contribution in [0.2, 0.25) is 5.02 Å². The van der Waals surface area contributed by atoms with Gasteiger partial charge in [0.1, 0.15) is 0 Å². The average Bonchev–Trinajstić information content (AvgIpc) is 2.95. The summed E-state index contributed by atoms with van der Waals surface area (Å²) in [5, 5.41) is 3.54. The summed E-state index contributed by atoms with van der Waals surface area (Å²) in [4.78, 5) is 14.5. The third kappa shape index (κ3) is 4.21. The van der Waals surface area contributed by atoms with Gasteiger partial charge in [0, 0.05) is 26.2 Å². The number of hydrogen-bond donors (Lipinski definition) is 1. The first kappa shape index (κ1) is 21.5. The Kier molecular flexibility index (Phi) is 5.50. The summed E-state index contributed by atoms with van der Waals surface area (Å²) in [7, 11) is -3.23. The fourth-order valence-electron chi connectivity index (χ4n) is 7.03. The van der Waals surface area contributed by atoms with Crippen LogP contribution in [0.1, 0.15) is 50.5 Å². The van der Waals surface area contributed by atoms with Crippen molar-refractivity contribution in [3.05, 3.63) is 28.8 Å². The lowest BCUT2D eigenvalue weighted by Gasteiger charge is -2.57. The summed E-state index contributed by atoms with van der Waals surface area (Å²) in [6.07, 6.45) is 9.92. The molecule has 4 saturated carbocycles. The quantitative estimate of drug-likeness (QED) is 0.723. The molecule has 2 amide bonds. The number of rotatable bonds is 3. The molecule has 4 bridgehead atoms. The first-order valence-electron chi connectivity index (χ1n) is 11.5. The van der Waals surface area contributed by atoms with Crippen LogP contribution in [0, 0.1) is 17.8 Å². The van der Waals surface area contributed by atoms with Crippen LogP contribution in [-0.4, -0.2) is 56.1 Å². The highest BCUT2D eigenvalue weighted by Gasteiger charge is 2.51. The highest BCUT2D eigenvalue weighted by Crippen LogP contribution is 2.61. The molecule has 4 aliphatic carbocycles. The molecular weight excluding hydrogens is 434 g/mol. The van der Waals surface area contributed by atoms with Crippen molar-refractivity contribution in [1.82, 2.24) is 9.21 Å². The number of urea groups is 1. The number of benzene rings is 1. The van der Waals surface area contributed by atoms with Crippen LogP contribution in [-0.2, 0) is 15.4 Å². The van der Waals surface area contributed by atoms with Crippen molar-refractivity contribution in [1.29, 1.82) is 0 Å². The Bertz CT molecular complexity index is 945. The third-order valence-electron chi connectivity index (χ3n) is 8.07. The topological polar surface area (TPSA) is 69.7 Å². The van der Waals surface area contributed by atoms with Gasteiger partial charge in [-0.05, 0) is 85.8 Å². The molecule has 170 valence electrons. The SMILES string of the molecule is CS(=O)(=O)N1CCCN(C(=O)Nc2ccc(C34CC5CC(CC(C5)C3)C4)cc2Cl)CC1. The minimum atomic E-state index is -3.23. The first-order chi connectivity index (χ1) is 14.7. The summed E-state index contributed by atoms with van der Waals surface area (Å²) >= 11 is 6.65. The lowest BCUT2D eigenvalue weighted by atomic mass is 9.48. The van der Waals surface area contributed by atoms with Crippen LogP contribution in [0.15, 0.2) is 18.2 Å². The molecule has 0 atom stereocenters. The molecule has 6 rings (SSSR count). The minimum absolute atomic E-state index is 0.222. The Morgan fingerprint density at radius 1 is 1.03 bits per heavy atom. The van der Waals surface area contributed by atoms with Crippen LogP contribution >= 0.6 is 11.6 Å². The molecule has 8 heteroatoms. The van der Waals surface area contributed by atoms with Gasteiger partial charge < -0.3 is 10.2 Å². The zero-order chi connectivity index (χ0) is 21.8. The van der Waals surface area contributed by atoms with E-state index in [9.17, 15) is 13.2 Å². The average molecular weight is 466 g/mol. The molecule has 1 aromatic carbocycles. The number of nitrogens with zero attached hydrogens (tertiary/aromatic N) is 2. The first-order valence-corrected chi connectivity index (χ1v) is 13.8. The van der Waals surface area contributed by atoms with E-state index in [0.29, 0.717) is 43.3 Å². The minimum Gasteiger partial charge on any atom is -0.323 e. The van der Waals surface area contributed by atoms with Gasteiger partial charge in [0.25, 0.3) is 0 Å². The predicted octanol–water partition coefficient (Wildman–Crippen LogP) is 4.31. The van der Waals surface area contributed by atoms with Crippen molar-refractivity contribution in [2.45, 2.75) is 50.4 Å². The van der Waals surface area contributed by atoms with Crippen molar-refractivity contribution in [3.63, 3.8) is 0 Å². The molecule has 1 N–H and O–H groups in total. The summed E-state index contributed by atoms with van der Waals surface area (Å²) in [5.74, 6) is 2.62. The van der Waals surface area contributed by atoms with Crippen molar-refractivity contribution >= 4 is 33.3 Å². The Hall–Kier alpha value is -1.31. The zero-order valence-electron chi connectivity index (χ0n) is 18.1. The molecule has 31 heavy (non-hydrogen) atoms. The number of hydrogen-bond acceptors (Lipinski definition) is 3. The molecular formula is C23H32ClN3O3S. The Morgan fingerprint density at radius 2 is 1.68 bits per heavy atom. The van der Waals surface area contributed by atoms with Gasteiger partial charge in [-0.15, -0.1) is 0 Å². The number of carbonyl (C=O) groups excluding carboxylic acids is 1. The van der Waals surface area contributed by atoms with E-state index in [4.69, 9.17) is 11.6 Å².